The van der Waals surface area contributed by atoms with Crippen molar-refractivity contribution in [3.8, 4) is 11.5 Å². The molecule has 21 heavy (non-hydrogen) atoms. The van der Waals surface area contributed by atoms with Crippen molar-refractivity contribution in [1.29, 1.82) is 0 Å². The number of amides is 1. The van der Waals surface area contributed by atoms with E-state index in [0.29, 0.717) is 17.0 Å². The van der Waals surface area contributed by atoms with Crippen molar-refractivity contribution in [2.24, 2.45) is 5.16 Å². The standard InChI is InChI=1S/C15H20N2O4/c1-11(16-20)13-6-5-12(9-14(13)18)21-10-15(19)17-7-3-2-4-8-17/h5-6,9,18,20H,2-4,7-8,10H2,1H3/b16-11-. The van der Waals surface area contributed by atoms with Gasteiger partial charge in [-0.05, 0) is 38.3 Å². The zero-order valence-corrected chi connectivity index (χ0v) is 12.1. The van der Waals surface area contributed by atoms with E-state index in [1.165, 1.54) is 12.5 Å². The maximum Gasteiger partial charge on any atom is 0.260 e. The van der Waals surface area contributed by atoms with Gasteiger partial charge >= 0.3 is 0 Å². The predicted molar refractivity (Wildman–Crippen MR) is 78.0 cm³/mol. The number of carbonyl (C=O) groups is 1. The average Bonchev–Trinajstić information content (AvgIpc) is 2.52. The van der Waals surface area contributed by atoms with Crippen molar-refractivity contribution in [2.75, 3.05) is 19.7 Å². The number of rotatable bonds is 4. The minimum Gasteiger partial charge on any atom is -0.507 e. The SMILES string of the molecule is C/C(=N/O)c1ccc(OCC(=O)N2CCCCC2)cc1O. The van der Waals surface area contributed by atoms with Gasteiger partial charge in [0.1, 0.15) is 11.5 Å². The van der Waals surface area contributed by atoms with E-state index in [-0.39, 0.29) is 18.3 Å². The van der Waals surface area contributed by atoms with Crippen molar-refractivity contribution in [3.05, 3.63) is 23.8 Å². The Hall–Kier alpha value is -2.24. The molecule has 0 spiro atoms. The normalized spacial score (nSPS) is 15.9. The van der Waals surface area contributed by atoms with Crippen LogP contribution in [-0.4, -0.2) is 46.5 Å². The highest BCUT2D eigenvalue weighted by molar-refractivity contribution is 6.00. The highest BCUT2D eigenvalue weighted by atomic mass is 16.5. The second-order valence-electron chi connectivity index (χ2n) is 5.09. The smallest absolute Gasteiger partial charge is 0.260 e. The van der Waals surface area contributed by atoms with Gasteiger partial charge in [-0.15, -0.1) is 0 Å². The number of phenols is 1. The van der Waals surface area contributed by atoms with Gasteiger partial charge in [-0.2, -0.15) is 0 Å². The van der Waals surface area contributed by atoms with Crippen LogP contribution in [0, 0.1) is 0 Å². The first-order chi connectivity index (χ1) is 10.1. The molecule has 6 nitrogen and oxygen atoms in total. The molecule has 1 aliphatic heterocycles. The molecular weight excluding hydrogens is 272 g/mol. The van der Waals surface area contributed by atoms with Gasteiger partial charge in [0, 0.05) is 24.7 Å². The topological polar surface area (TPSA) is 82.4 Å². The Kier molecular flexibility index (Phi) is 5.03. The molecule has 0 radical (unpaired) electrons. The van der Waals surface area contributed by atoms with E-state index in [9.17, 15) is 9.90 Å². The van der Waals surface area contributed by atoms with Crippen molar-refractivity contribution < 1.29 is 19.8 Å². The van der Waals surface area contributed by atoms with Gasteiger partial charge in [0.15, 0.2) is 6.61 Å². The summed E-state index contributed by atoms with van der Waals surface area (Å²) in [6.07, 6.45) is 3.26. The minimum atomic E-state index is -0.0479. The number of benzene rings is 1. The van der Waals surface area contributed by atoms with E-state index < -0.39 is 0 Å². The largest absolute Gasteiger partial charge is 0.507 e. The van der Waals surface area contributed by atoms with Crippen LogP contribution in [0.1, 0.15) is 31.7 Å². The van der Waals surface area contributed by atoms with Crippen molar-refractivity contribution in [2.45, 2.75) is 26.2 Å². The maximum absolute atomic E-state index is 12.0. The summed E-state index contributed by atoms with van der Waals surface area (Å²) in [6.45, 7) is 3.12. The number of piperidine rings is 1. The molecule has 1 heterocycles. The average molecular weight is 292 g/mol. The number of ether oxygens (including phenoxy) is 1. The molecule has 1 aliphatic rings. The molecule has 6 heteroatoms. The maximum atomic E-state index is 12.0. The molecule has 1 aromatic carbocycles. The summed E-state index contributed by atoms with van der Waals surface area (Å²) < 4.78 is 5.42. The van der Waals surface area contributed by atoms with Gasteiger partial charge in [0.2, 0.25) is 0 Å². The van der Waals surface area contributed by atoms with E-state index in [2.05, 4.69) is 5.16 Å². The number of hydrogen-bond acceptors (Lipinski definition) is 5. The Labute approximate surface area is 123 Å². The second-order valence-corrected chi connectivity index (χ2v) is 5.09. The van der Waals surface area contributed by atoms with E-state index >= 15 is 0 Å². The Morgan fingerprint density at radius 3 is 2.67 bits per heavy atom. The van der Waals surface area contributed by atoms with Crippen LogP contribution in [0.2, 0.25) is 0 Å². The lowest BCUT2D eigenvalue weighted by Crippen LogP contribution is -2.38. The summed E-state index contributed by atoms with van der Waals surface area (Å²) >= 11 is 0. The highest BCUT2D eigenvalue weighted by Gasteiger charge is 2.17. The van der Waals surface area contributed by atoms with Crippen molar-refractivity contribution in [1.82, 2.24) is 4.90 Å². The lowest BCUT2D eigenvalue weighted by atomic mass is 10.1. The van der Waals surface area contributed by atoms with Crippen molar-refractivity contribution >= 4 is 11.6 Å². The molecule has 1 amide bonds. The van der Waals surface area contributed by atoms with Crippen LogP contribution in [0.3, 0.4) is 0 Å². The number of likely N-dealkylation sites (tertiary alicyclic amines) is 1. The summed E-state index contributed by atoms with van der Waals surface area (Å²) in [5, 5.41) is 21.6. The molecule has 0 atom stereocenters. The third-order valence-electron chi connectivity index (χ3n) is 3.58. The summed E-state index contributed by atoms with van der Waals surface area (Å²) in [6, 6.07) is 4.63. The first-order valence-corrected chi connectivity index (χ1v) is 7.04. The van der Waals surface area contributed by atoms with Crippen LogP contribution >= 0.6 is 0 Å². The predicted octanol–water partition coefficient (Wildman–Crippen LogP) is 1.98. The zero-order chi connectivity index (χ0) is 15.2. The third-order valence-corrected chi connectivity index (χ3v) is 3.58. The Balaban J connectivity index is 1.94. The van der Waals surface area contributed by atoms with E-state index in [4.69, 9.17) is 9.94 Å². The van der Waals surface area contributed by atoms with Gasteiger partial charge in [-0.1, -0.05) is 5.16 Å². The molecule has 2 N–H and O–H groups in total. The van der Waals surface area contributed by atoms with Crippen molar-refractivity contribution in [3.63, 3.8) is 0 Å². The Morgan fingerprint density at radius 2 is 2.05 bits per heavy atom. The lowest BCUT2D eigenvalue weighted by molar-refractivity contribution is -0.134. The minimum absolute atomic E-state index is 0.0358. The number of nitrogens with zero attached hydrogens (tertiary/aromatic N) is 2. The van der Waals surface area contributed by atoms with Gasteiger partial charge in [0.25, 0.3) is 5.91 Å². The molecule has 0 bridgehead atoms. The first-order valence-electron chi connectivity index (χ1n) is 7.04. The van der Waals surface area contributed by atoms with E-state index in [1.54, 1.807) is 24.0 Å². The number of carbonyl (C=O) groups excluding carboxylic acids is 1. The Morgan fingerprint density at radius 1 is 1.33 bits per heavy atom. The molecule has 0 saturated carbocycles. The van der Waals surface area contributed by atoms with Gasteiger partial charge in [0.05, 0.1) is 5.71 Å². The monoisotopic (exact) mass is 292 g/mol. The first kappa shape index (κ1) is 15.2. The summed E-state index contributed by atoms with van der Waals surface area (Å²) in [4.78, 5) is 13.8. The summed E-state index contributed by atoms with van der Waals surface area (Å²) in [5.41, 5.74) is 0.732. The fourth-order valence-electron chi connectivity index (χ4n) is 2.34. The number of oxime groups is 1. The van der Waals surface area contributed by atoms with Crippen LogP contribution in [-0.2, 0) is 4.79 Å². The summed E-state index contributed by atoms with van der Waals surface area (Å²) in [5.74, 6) is 0.326. The third kappa shape index (κ3) is 3.87. The van der Waals surface area contributed by atoms with E-state index in [1.807, 2.05) is 0 Å². The number of phenolic OH excluding ortho intramolecular Hbond substituents is 1. The van der Waals surface area contributed by atoms with Crippen LogP contribution in [0.25, 0.3) is 0 Å². The molecule has 114 valence electrons. The number of hydrogen-bond donors (Lipinski definition) is 2. The van der Waals surface area contributed by atoms with Crippen LogP contribution in [0.5, 0.6) is 11.5 Å². The molecule has 2 rings (SSSR count). The highest BCUT2D eigenvalue weighted by Crippen LogP contribution is 2.24. The van der Waals surface area contributed by atoms with Gasteiger partial charge in [-0.25, -0.2) is 0 Å². The fraction of sp³-hybridized carbons (Fsp3) is 0.467. The molecule has 1 fully saturated rings. The zero-order valence-electron chi connectivity index (χ0n) is 12.1. The summed E-state index contributed by atoms with van der Waals surface area (Å²) in [7, 11) is 0. The van der Waals surface area contributed by atoms with Crippen LogP contribution < -0.4 is 4.74 Å². The van der Waals surface area contributed by atoms with Crippen LogP contribution in [0.4, 0.5) is 0 Å². The molecule has 1 aromatic rings. The molecular formula is C15H20N2O4. The van der Waals surface area contributed by atoms with Gasteiger partial charge in [-0.3, -0.25) is 4.79 Å². The molecule has 1 saturated heterocycles. The lowest BCUT2D eigenvalue weighted by Gasteiger charge is -2.26. The van der Waals surface area contributed by atoms with E-state index in [0.717, 1.165) is 25.9 Å². The fourth-order valence-corrected chi connectivity index (χ4v) is 2.34. The number of aromatic hydroxyl groups is 1. The van der Waals surface area contributed by atoms with Crippen LogP contribution in [0.15, 0.2) is 23.4 Å². The molecule has 0 unspecified atom stereocenters. The second kappa shape index (κ2) is 6.97. The molecule has 0 aliphatic carbocycles. The molecule has 0 aromatic heterocycles. The van der Waals surface area contributed by atoms with Gasteiger partial charge < -0.3 is 20.0 Å². The quantitative estimate of drug-likeness (QED) is 0.505. The Bertz CT molecular complexity index is 536.